The van der Waals surface area contributed by atoms with E-state index < -0.39 is 41.1 Å². The summed E-state index contributed by atoms with van der Waals surface area (Å²) < 4.78 is 17.9. The highest BCUT2D eigenvalue weighted by Gasteiger charge is 2.80. The third kappa shape index (κ3) is 5.74. The van der Waals surface area contributed by atoms with Crippen LogP contribution in [0, 0.1) is 23.7 Å². The number of anilines is 1. The van der Waals surface area contributed by atoms with Crippen LogP contribution in [0.15, 0.2) is 49.6 Å². The van der Waals surface area contributed by atoms with Gasteiger partial charge in [-0.2, -0.15) is 0 Å². The molecule has 1 aromatic carbocycles. The molecule has 0 saturated carbocycles. The number of hydrogen-bond donors (Lipinski definition) is 1. The van der Waals surface area contributed by atoms with Crippen LogP contribution in [-0.4, -0.2) is 77.9 Å². The van der Waals surface area contributed by atoms with E-state index in [4.69, 9.17) is 14.2 Å². The summed E-state index contributed by atoms with van der Waals surface area (Å²) in [5.41, 5.74) is -1.60. The summed E-state index contributed by atoms with van der Waals surface area (Å²) >= 11 is 0. The number of fused-ring (bicyclic) bond motifs is 1. The van der Waals surface area contributed by atoms with Gasteiger partial charge in [0.1, 0.15) is 23.3 Å². The number of nitrogens with zero attached hydrogens (tertiary/aromatic N) is 2. The van der Waals surface area contributed by atoms with Crippen molar-refractivity contribution in [3.63, 3.8) is 0 Å². The quantitative estimate of drug-likeness (QED) is 0.180. The number of benzene rings is 1. The molecule has 236 valence electrons. The van der Waals surface area contributed by atoms with Gasteiger partial charge in [-0.25, -0.2) is 0 Å². The molecule has 0 aromatic heterocycles. The summed E-state index contributed by atoms with van der Waals surface area (Å²) in [7, 11) is 1.57. The smallest absolute Gasteiger partial charge is 0.312 e. The fourth-order valence-corrected chi connectivity index (χ4v) is 7.54. The lowest BCUT2D eigenvalue weighted by Gasteiger charge is -2.40. The van der Waals surface area contributed by atoms with Crippen molar-refractivity contribution in [2.75, 3.05) is 31.8 Å². The van der Waals surface area contributed by atoms with Gasteiger partial charge in [0.15, 0.2) is 0 Å². The van der Waals surface area contributed by atoms with E-state index in [1.165, 1.54) is 4.90 Å². The van der Waals surface area contributed by atoms with Crippen molar-refractivity contribution in [1.82, 2.24) is 4.90 Å². The SMILES string of the molecule is C=CCCCCOC(=O)[C@H]1[C@H]2C(=O)N([C@@H](CO)CC(C)C)C(C(=O)N(CC=C)c3ccc(OC)cc3)C23CC(C)[C@]1(C)O3. The Bertz CT molecular complexity index is 1200. The molecule has 1 aromatic rings. The second-order valence-electron chi connectivity index (χ2n) is 12.8. The number of unbranched alkanes of at least 4 members (excludes halogenated alkanes) is 2. The summed E-state index contributed by atoms with van der Waals surface area (Å²) in [6.45, 7) is 15.6. The van der Waals surface area contributed by atoms with Gasteiger partial charge < -0.3 is 29.1 Å². The molecular weight excluding hydrogens is 548 g/mol. The van der Waals surface area contributed by atoms with Crippen LogP contribution in [0.2, 0.25) is 0 Å². The maximum Gasteiger partial charge on any atom is 0.312 e. The first-order valence-corrected chi connectivity index (χ1v) is 15.5. The minimum atomic E-state index is -1.24. The van der Waals surface area contributed by atoms with E-state index in [0.29, 0.717) is 30.7 Å². The Morgan fingerprint density at radius 1 is 1.21 bits per heavy atom. The molecule has 3 aliphatic rings. The van der Waals surface area contributed by atoms with Crippen molar-refractivity contribution >= 4 is 23.5 Å². The van der Waals surface area contributed by atoms with E-state index in [0.717, 1.165) is 12.8 Å². The molecule has 0 aliphatic carbocycles. The number of esters is 1. The third-order valence-electron chi connectivity index (χ3n) is 9.60. The zero-order valence-corrected chi connectivity index (χ0v) is 26.3. The predicted molar refractivity (Wildman–Crippen MR) is 164 cm³/mol. The number of aliphatic hydroxyl groups excluding tert-OH is 1. The van der Waals surface area contributed by atoms with E-state index in [9.17, 15) is 19.5 Å². The van der Waals surface area contributed by atoms with Gasteiger partial charge in [0, 0.05) is 12.2 Å². The number of carbonyl (C=O) groups is 3. The van der Waals surface area contributed by atoms with Gasteiger partial charge in [-0.15, -0.1) is 13.2 Å². The number of methoxy groups -OCH3 is 1. The molecule has 1 spiro atoms. The molecule has 3 heterocycles. The highest BCUT2D eigenvalue weighted by Crippen LogP contribution is 2.65. The topological polar surface area (TPSA) is 106 Å². The first kappa shape index (κ1) is 32.7. The average Bonchev–Trinajstić information content (AvgIpc) is 3.50. The average molecular weight is 597 g/mol. The van der Waals surface area contributed by atoms with Crippen LogP contribution in [0.3, 0.4) is 0 Å². The molecule has 3 fully saturated rings. The number of likely N-dealkylation sites (tertiary alicyclic amines) is 1. The third-order valence-corrected chi connectivity index (χ3v) is 9.60. The molecule has 7 atom stereocenters. The number of amides is 2. The van der Waals surface area contributed by atoms with Crippen LogP contribution >= 0.6 is 0 Å². The Morgan fingerprint density at radius 3 is 2.49 bits per heavy atom. The van der Waals surface area contributed by atoms with Gasteiger partial charge in [-0.3, -0.25) is 14.4 Å². The summed E-state index contributed by atoms with van der Waals surface area (Å²) in [4.78, 5) is 46.2. The van der Waals surface area contributed by atoms with E-state index in [-0.39, 0.29) is 43.4 Å². The Balaban J connectivity index is 1.79. The minimum absolute atomic E-state index is 0.114. The second-order valence-corrected chi connectivity index (χ2v) is 12.8. The highest BCUT2D eigenvalue weighted by atomic mass is 16.6. The monoisotopic (exact) mass is 596 g/mol. The van der Waals surface area contributed by atoms with E-state index in [1.807, 2.05) is 33.8 Å². The minimum Gasteiger partial charge on any atom is -0.497 e. The highest BCUT2D eigenvalue weighted by molar-refractivity contribution is 6.05. The predicted octanol–water partition coefficient (Wildman–Crippen LogP) is 4.53. The molecule has 4 rings (SSSR count). The molecule has 43 heavy (non-hydrogen) atoms. The van der Waals surface area contributed by atoms with Crippen molar-refractivity contribution in [2.45, 2.75) is 83.1 Å². The van der Waals surface area contributed by atoms with Crippen molar-refractivity contribution in [2.24, 2.45) is 23.7 Å². The number of ether oxygens (including phenoxy) is 3. The summed E-state index contributed by atoms with van der Waals surface area (Å²) in [5, 5.41) is 10.6. The van der Waals surface area contributed by atoms with Crippen LogP contribution < -0.4 is 9.64 Å². The van der Waals surface area contributed by atoms with E-state index >= 15 is 0 Å². The zero-order valence-electron chi connectivity index (χ0n) is 26.3. The molecule has 2 amide bonds. The second kappa shape index (κ2) is 13.2. The molecule has 2 bridgehead atoms. The van der Waals surface area contributed by atoms with Crippen molar-refractivity contribution in [3.05, 3.63) is 49.6 Å². The maximum absolute atomic E-state index is 14.8. The molecule has 3 unspecified atom stereocenters. The van der Waals surface area contributed by atoms with Crippen LogP contribution in [-0.2, 0) is 23.9 Å². The Morgan fingerprint density at radius 2 is 1.91 bits per heavy atom. The molecule has 3 saturated heterocycles. The number of rotatable bonds is 15. The largest absolute Gasteiger partial charge is 0.497 e. The van der Waals surface area contributed by atoms with E-state index in [1.54, 1.807) is 42.4 Å². The first-order valence-electron chi connectivity index (χ1n) is 15.5. The molecule has 9 nitrogen and oxygen atoms in total. The van der Waals surface area contributed by atoms with Crippen LogP contribution in [0.4, 0.5) is 5.69 Å². The first-order chi connectivity index (χ1) is 20.5. The number of aliphatic hydroxyl groups is 1. The number of carbonyl (C=O) groups excluding carboxylic acids is 3. The number of allylic oxidation sites excluding steroid dienone is 1. The molecule has 1 N–H and O–H groups in total. The van der Waals surface area contributed by atoms with Gasteiger partial charge in [-0.1, -0.05) is 32.9 Å². The Labute approximate surface area is 255 Å². The van der Waals surface area contributed by atoms with Crippen molar-refractivity contribution in [3.8, 4) is 5.75 Å². The van der Waals surface area contributed by atoms with Gasteiger partial charge >= 0.3 is 5.97 Å². The van der Waals surface area contributed by atoms with Gasteiger partial charge in [-0.05, 0) is 75.1 Å². The summed E-state index contributed by atoms with van der Waals surface area (Å²) in [6.07, 6.45) is 6.75. The lowest BCUT2D eigenvalue weighted by Crippen LogP contribution is -2.59. The number of hydrogen-bond acceptors (Lipinski definition) is 7. The Kier molecular flexibility index (Phi) is 10.1. The van der Waals surface area contributed by atoms with Crippen molar-refractivity contribution in [1.29, 1.82) is 0 Å². The lowest BCUT2D eigenvalue weighted by molar-refractivity contribution is -0.162. The normalized spacial score (nSPS) is 29.8. The van der Waals surface area contributed by atoms with Gasteiger partial charge in [0.25, 0.3) is 5.91 Å². The van der Waals surface area contributed by atoms with E-state index in [2.05, 4.69) is 13.2 Å². The summed E-state index contributed by atoms with van der Waals surface area (Å²) in [6, 6.07) is 5.46. The molecule has 0 radical (unpaired) electrons. The molecule has 9 heteroatoms. The maximum atomic E-state index is 14.8. The zero-order chi connectivity index (χ0) is 31.5. The summed E-state index contributed by atoms with van der Waals surface area (Å²) in [5.74, 6) is -2.22. The van der Waals surface area contributed by atoms with Gasteiger partial charge in [0.05, 0.1) is 37.9 Å². The fourth-order valence-electron chi connectivity index (χ4n) is 7.54. The van der Waals surface area contributed by atoms with Crippen LogP contribution in [0.5, 0.6) is 5.75 Å². The van der Waals surface area contributed by atoms with Crippen molar-refractivity contribution < 1.29 is 33.7 Å². The standard InChI is InChI=1S/C34H48N2O7/c1-8-10-11-12-18-42-32(40)28-27-30(38)36(25(21-37)19-22(3)4)29(34(27)20-23(5)33(28,6)43-34)31(39)35(17-9-2)24-13-15-26(41-7)16-14-24/h8-9,13-16,22-23,25,27-29,37H,1-2,10-12,17-21H2,3-7H3/t23?,25-,27+,28-,29?,33+,34?/m1/s1. The van der Waals surface area contributed by atoms with Gasteiger partial charge in [0.2, 0.25) is 5.91 Å². The Hall–Kier alpha value is -3.17. The fraction of sp³-hybridized carbons (Fsp3) is 0.618. The molecular formula is C34H48N2O7. The lowest BCUT2D eigenvalue weighted by atomic mass is 9.62. The van der Waals surface area contributed by atoms with Crippen LogP contribution in [0.25, 0.3) is 0 Å². The van der Waals surface area contributed by atoms with Crippen LogP contribution in [0.1, 0.15) is 59.8 Å². The molecule has 3 aliphatic heterocycles.